The molecule has 0 radical (unpaired) electrons. The summed E-state index contributed by atoms with van der Waals surface area (Å²) in [5.41, 5.74) is 12.4. The van der Waals surface area contributed by atoms with E-state index in [1.165, 1.54) is 0 Å². The first-order valence-electron chi connectivity index (χ1n) is 9.52. The van der Waals surface area contributed by atoms with Crippen molar-refractivity contribution in [1.82, 2.24) is 0 Å². The molecule has 8 heteroatoms. The topological polar surface area (TPSA) is 108 Å². The zero-order valence-electron chi connectivity index (χ0n) is 16.2. The molecular weight excluding hydrogens is 384 g/mol. The van der Waals surface area contributed by atoms with E-state index < -0.39 is 30.7 Å². The van der Waals surface area contributed by atoms with Crippen LogP contribution in [0.2, 0.25) is 0 Å². The van der Waals surface area contributed by atoms with Crippen molar-refractivity contribution in [2.75, 3.05) is 0 Å². The molecule has 1 fully saturated rings. The number of hydrogen-bond acceptors (Lipinski definition) is 3. The van der Waals surface area contributed by atoms with Gasteiger partial charge in [-0.1, -0.05) is 46.1 Å². The van der Waals surface area contributed by atoms with Crippen LogP contribution in [0.5, 0.6) is 0 Å². The fourth-order valence-corrected chi connectivity index (χ4v) is 7.43. The SMILES string of the molecule is CCc1ccc(S(=O)(=O)C(=[N+]=[N-])C2(S(=O)O)CCCCC2)c(CC)c1CC. The van der Waals surface area contributed by atoms with Gasteiger partial charge in [0.05, 0.1) is 4.90 Å². The second kappa shape index (κ2) is 8.78. The van der Waals surface area contributed by atoms with Crippen LogP contribution < -0.4 is 0 Å². The number of rotatable bonds is 6. The molecule has 0 aromatic heterocycles. The molecule has 6 nitrogen and oxygen atoms in total. The normalized spacial score (nSPS) is 17.9. The Morgan fingerprint density at radius 3 is 2.15 bits per heavy atom. The predicted octanol–water partition coefficient (Wildman–Crippen LogP) is 3.70. The molecule has 0 heterocycles. The lowest BCUT2D eigenvalue weighted by Crippen LogP contribution is -2.49. The number of hydrogen-bond donors (Lipinski definition) is 1. The van der Waals surface area contributed by atoms with Gasteiger partial charge >= 0.3 is 5.04 Å². The van der Waals surface area contributed by atoms with E-state index in [-0.39, 0.29) is 17.7 Å². The van der Waals surface area contributed by atoms with Crippen LogP contribution in [0.3, 0.4) is 0 Å². The lowest BCUT2D eigenvalue weighted by atomic mass is 9.89. The summed E-state index contributed by atoms with van der Waals surface area (Å²) in [7, 11) is -4.21. The quantitative estimate of drug-likeness (QED) is 0.253. The van der Waals surface area contributed by atoms with Crippen LogP contribution in [-0.4, -0.2) is 31.8 Å². The number of aryl methyl sites for hydroxylation is 1. The molecule has 1 aromatic rings. The highest BCUT2D eigenvalue weighted by atomic mass is 32.2. The summed E-state index contributed by atoms with van der Waals surface area (Å²) in [5.74, 6) is 0. The third kappa shape index (κ3) is 3.81. The highest BCUT2D eigenvalue weighted by Gasteiger charge is 2.56. The first-order valence-corrected chi connectivity index (χ1v) is 12.1. The predicted molar refractivity (Wildman–Crippen MR) is 107 cm³/mol. The van der Waals surface area contributed by atoms with E-state index in [1.54, 1.807) is 12.1 Å². The van der Waals surface area contributed by atoms with E-state index in [4.69, 9.17) is 0 Å². The number of sulfone groups is 1. The molecule has 0 bridgehead atoms. The van der Waals surface area contributed by atoms with Gasteiger partial charge in [0.25, 0.3) is 9.84 Å². The molecule has 0 aliphatic heterocycles. The van der Waals surface area contributed by atoms with E-state index in [9.17, 15) is 22.7 Å². The first kappa shape index (κ1) is 22.0. The van der Waals surface area contributed by atoms with E-state index in [2.05, 4.69) is 4.79 Å². The molecule has 150 valence electrons. The van der Waals surface area contributed by atoms with Gasteiger partial charge in [0.15, 0.2) is 15.8 Å². The molecule has 1 aliphatic carbocycles. The zero-order chi connectivity index (χ0) is 20.2. The molecule has 1 aliphatic rings. The largest absolute Gasteiger partial charge is 0.406 e. The highest BCUT2D eigenvalue weighted by molar-refractivity contribution is 8.08. The van der Waals surface area contributed by atoms with Crippen molar-refractivity contribution in [3.63, 3.8) is 0 Å². The minimum absolute atomic E-state index is 0.0854. The van der Waals surface area contributed by atoms with Crippen molar-refractivity contribution in [1.29, 1.82) is 0 Å². The van der Waals surface area contributed by atoms with Crippen molar-refractivity contribution in [3.05, 3.63) is 34.4 Å². The first-order chi connectivity index (χ1) is 12.8. The summed E-state index contributed by atoms with van der Waals surface area (Å²) < 4.78 is 47.6. The smallest absolute Gasteiger partial charge is 0.360 e. The van der Waals surface area contributed by atoms with Crippen LogP contribution in [-0.2, 0) is 40.2 Å². The highest BCUT2D eigenvalue weighted by Crippen LogP contribution is 2.38. The lowest BCUT2D eigenvalue weighted by Gasteiger charge is -2.29. The second-order valence-electron chi connectivity index (χ2n) is 6.95. The fraction of sp³-hybridized carbons (Fsp3) is 0.632. The molecule has 1 saturated carbocycles. The molecule has 1 N–H and O–H groups in total. The zero-order valence-corrected chi connectivity index (χ0v) is 17.8. The summed E-state index contributed by atoms with van der Waals surface area (Å²) in [6.07, 6.45) is 4.53. The summed E-state index contributed by atoms with van der Waals surface area (Å²) in [5, 5.41) is -0.573. The van der Waals surface area contributed by atoms with Crippen molar-refractivity contribution < 1.29 is 22.0 Å². The van der Waals surface area contributed by atoms with Gasteiger partial charge in [-0.05, 0) is 54.9 Å². The molecular formula is C19H28N2O4S2. The van der Waals surface area contributed by atoms with Crippen LogP contribution in [0.1, 0.15) is 69.6 Å². The molecule has 1 aromatic carbocycles. The maximum absolute atomic E-state index is 13.5. The Labute approximate surface area is 164 Å². The van der Waals surface area contributed by atoms with Crippen molar-refractivity contribution in [2.45, 2.75) is 81.8 Å². The Balaban J connectivity index is 2.73. The maximum atomic E-state index is 13.5. The Bertz CT molecular complexity index is 881. The van der Waals surface area contributed by atoms with Gasteiger partial charge in [-0.3, -0.25) is 0 Å². The van der Waals surface area contributed by atoms with Crippen molar-refractivity contribution in [2.24, 2.45) is 0 Å². The fourth-order valence-electron chi connectivity index (χ4n) is 4.21. The number of benzene rings is 1. The molecule has 0 spiro atoms. The molecule has 27 heavy (non-hydrogen) atoms. The van der Waals surface area contributed by atoms with Gasteiger partial charge in [0, 0.05) is 0 Å². The Hall–Kier alpha value is -1.34. The summed E-state index contributed by atoms with van der Waals surface area (Å²) in [6.45, 7) is 5.90. The third-order valence-electron chi connectivity index (χ3n) is 5.59. The van der Waals surface area contributed by atoms with Gasteiger partial charge in [0.1, 0.15) is 0 Å². The van der Waals surface area contributed by atoms with Crippen LogP contribution in [0.15, 0.2) is 17.0 Å². The third-order valence-corrected chi connectivity index (χ3v) is 8.94. The minimum Gasteiger partial charge on any atom is -0.360 e. The van der Waals surface area contributed by atoms with Crippen LogP contribution in [0.25, 0.3) is 5.53 Å². The van der Waals surface area contributed by atoms with E-state index in [0.717, 1.165) is 24.0 Å². The Morgan fingerprint density at radius 1 is 1.11 bits per heavy atom. The molecule has 2 rings (SSSR count). The van der Waals surface area contributed by atoms with E-state index in [1.807, 2.05) is 20.8 Å². The van der Waals surface area contributed by atoms with Crippen LogP contribution in [0, 0.1) is 0 Å². The lowest BCUT2D eigenvalue weighted by molar-refractivity contribution is -0.00758. The standard InChI is InChI=1S/C19H28N2O4S2/c1-4-14-10-11-17(16(6-3)15(14)5-2)27(24,25)18(21-20)19(26(22)23)12-8-7-9-13-19/h10-11H,4-9,12-13H2,1-3H3,(H,22,23). The molecule has 1 unspecified atom stereocenters. The van der Waals surface area contributed by atoms with Gasteiger partial charge in [0.2, 0.25) is 0 Å². The Kier molecular flexibility index (Phi) is 7.14. The van der Waals surface area contributed by atoms with E-state index in [0.29, 0.717) is 31.2 Å². The van der Waals surface area contributed by atoms with Crippen LogP contribution >= 0.6 is 0 Å². The summed E-state index contributed by atoms with van der Waals surface area (Å²) in [6, 6.07) is 3.34. The van der Waals surface area contributed by atoms with E-state index >= 15 is 0 Å². The van der Waals surface area contributed by atoms with Gasteiger partial charge in [-0.15, -0.1) is 0 Å². The monoisotopic (exact) mass is 412 g/mol. The van der Waals surface area contributed by atoms with Crippen LogP contribution in [0.4, 0.5) is 0 Å². The summed E-state index contributed by atoms with van der Waals surface area (Å²) >= 11 is -2.45. The van der Waals surface area contributed by atoms with Gasteiger partial charge in [-0.2, -0.15) is 4.79 Å². The van der Waals surface area contributed by atoms with Crippen molar-refractivity contribution >= 4 is 26.0 Å². The maximum Gasteiger partial charge on any atom is 0.406 e. The molecule has 0 saturated heterocycles. The Morgan fingerprint density at radius 2 is 1.70 bits per heavy atom. The number of nitrogens with zero attached hydrogens (tertiary/aromatic N) is 2. The summed E-state index contributed by atoms with van der Waals surface area (Å²) in [4.78, 5) is 3.19. The minimum atomic E-state index is -4.21. The molecule has 1 atom stereocenters. The van der Waals surface area contributed by atoms with Crippen molar-refractivity contribution in [3.8, 4) is 0 Å². The molecule has 0 amide bonds. The average Bonchev–Trinajstić information content (AvgIpc) is 2.67. The average molecular weight is 413 g/mol. The second-order valence-corrected chi connectivity index (χ2v) is 10.1. The van der Waals surface area contributed by atoms with Gasteiger partial charge < -0.3 is 10.1 Å². The van der Waals surface area contributed by atoms with Gasteiger partial charge in [-0.25, -0.2) is 12.6 Å².